The number of nitrogen functional groups attached to an aromatic ring is 1. The van der Waals surface area contributed by atoms with E-state index in [0.29, 0.717) is 45.1 Å². The van der Waals surface area contributed by atoms with E-state index in [4.69, 9.17) is 25.9 Å². The van der Waals surface area contributed by atoms with Gasteiger partial charge in [-0.2, -0.15) is 36.5 Å². The largest absolute Gasteiger partial charge is 0.491 e. The molecule has 0 bridgehead atoms. The van der Waals surface area contributed by atoms with Gasteiger partial charge in [0, 0.05) is 46.0 Å². The lowest BCUT2D eigenvalue weighted by Crippen LogP contribution is -2.16. The molecule has 0 aliphatic carbocycles. The maximum absolute atomic E-state index is 13.4. The Kier molecular flexibility index (Phi) is 16.0. The quantitative estimate of drug-likeness (QED) is 0.0981. The van der Waals surface area contributed by atoms with Gasteiger partial charge in [0.2, 0.25) is 0 Å². The van der Waals surface area contributed by atoms with Gasteiger partial charge in [-0.15, -0.1) is 0 Å². The fourth-order valence-electron chi connectivity index (χ4n) is 6.17. The van der Waals surface area contributed by atoms with Gasteiger partial charge in [0.1, 0.15) is 23.1 Å². The number of anilines is 2. The van der Waals surface area contributed by atoms with Crippen LogP contribution in [0.25, 0.3) is 33.2 Å². The number of nitrogens with two attached hydrogens (primary N) is 1. The van der Waals surface area contributed by atoms with Crippen LogP contribution in [0.15, 0.2) is 144 Å². The first-order valence-corrected chi connectivity index (χ1v) is 23.5. The second-order valence-corrected chi connectivity index (χ2v) is 19.0. The van der Waals surface area contributed by atoms with Gasteiger partial charge in [0.05, 0.1) is 44.4 Å². The zero-order valence-corrected chi connectivity index (χ0v) is 37.9. The van der Waals surface area contributed by atoms with E-state index in [-0.39, 0.29) is 46.7 Å². The topological polar surface area (TPSA) is 186 Å². The molecule has 360 valence electrons. The molecule has 14 nitrogen and oxygen atoms in total. The van der Waals surface area contributed by atoms with Crippen LogP contribution in [0.5, 0.6) is 11.5 Å². The van der Waals surface area contributed by atoms with Crippen molar-refractivity contribution in [3.8, 4) is 22.9 Å². The van der Waals surface area contributed by atoms with Gasteiger partial charge < -0.3 is 15.2 Å². The number of ether oxygens (including phenoxy) is 2. The van der Waals surface area contributed by atoms with Gasteiger partial charge in [-0.3, -0.25) is 14.7 Å². The molecule has 0 spiro atoms. The van der Waals surface area contributed by atoms with Crippen molar-refractivity contribution < 1.29 is 52.7 Å². The van der Waals surface area contributed by atoms with Gasteiger partial charge in [-0.05, 0) is 125 Å². The first-order chi connectivity index (χ1) is 31.4. The van der Waals surface area contributed by atoms with E-state index in [1.807, 2.05) is 27.7 Å². The van der Waals surface area contributed by atoms with Gasteiger partial charge in [0.25, 0.3) is 19.1 Å². The molecule has 0 atom stereocenters. The minimum absolute atomic E-state index is 0. The summed E-state index contributed by atoms with van der Waals surface area (Å²) in [5.74, 6) is 0.663. The molecule has 0 unspecified atom stereocenters. The number of sulfonamides is 1. The normalized spacial score (nSPS) is 11.9. The smallest absolute Gasteiger partial charge is 0.435 e. The highest BCUT2D eigenvalue weighted by molar-refractivity contribution is 8.13. The maximum atomic E-state index is 13.4. The number of hydrogen-bond donors (Lipinski definition) is 2. The molecule has 0 saturated heterocycles. The molecule has 0 fully saturated rings. The zero-order chi connectivity index (χ0) is 48.9. The van der Waals surface area contributed by atoms with Crippen LogP contribution in [0.1, 0.15) is 46.5 Å². The molecule has 0 aliphatic heterocycles. The Hall–Kier alpha value is -6.91. The Bertz CT molecular complexity index is 3210. The molecule has 0 aliphatic rings. The van der Waals surface area contributed by atoms with E-state index in [0.717, 1.165) is 15.4 Å². The summed E-state index contributed by atoms with van der Waals surface area (Å²) in [7, 11) is -2.71. The van der Waals surface area contributed by atoms with Crippen molar-refractivity contribution in [1.82, 2.24) is 29.5 Å². The van der Waals surface area contributed by atoms with E-state index in [9.17, 15) is 43.2 Å². The second-order valence-electron chi connectivity index (χ2n) is 14.7. The fraction of sp³-hybridized carbons (Fsp3) is 0.200. The van der Waals surface area contributed by atoms with E-state index >= 15 is 0 Å². The lowest BCUT2D eigenvalue weighted by molar-refractivity contribution is -0.142. The molecule has 0 saturated carbocycles. The number of halogens is 7. The average Bonchev–Trinajstić information content (AvgIpc) is 3.87. The van der Waals surface area contributed by atoms with Gasteiger partial charge in [0.15, 0.2) is 11.4 Å². The number of pyridine rings is 2. The summed E-state index contributed by atoms with van der Waals surface area (Å²) in [5.41, 5.74) is 5.28. The number of hydrogen-bond acceptors (Lipinski definition) is 11. The lowest BCUT2D eigenvalue weighted by atomic mass is 10.2. The van der Waals surface area contributed by atoms with Crippen molar-refractivity contribution in [3.63, 3.8) is 0 Å². The van der Waals surface area contributed by atoms with Gasteiger partial charge >= 0.3 is 12.4 Å². The standard InChI is InChI=1S/C22H19F3N4O3S.C13H9F3N4.C9H11ClO3S.CH4/c1-14(2)32-15-8-10-16(11-9-15)33(30,31)28-21-13-20(22(23,24)25)27-29(21)19-7-3-6-18-17(19)5-4-12-26-18;14-13(15,16)11-7-12(17)20(19-11)10-5-1-4-9-8(10)3-2-6-18-9;1-7(2)13-8-3-5-9(6-4-8)14(10,11)12;/h3-14,28H,1-2H3;1-7H,17H2;3-7H,1-2H3;1H4. The number of benzene rings is 4. The summed E-state index contributed by atoms with van der Waals surface area (Å²) in [4.78, 5) is 8.28. The van der Waals surface area contributed by atoms with Crippen LogP contribution >= 0.6 is 10.7 Å². The minimum Gasteiger partial charge on any atom is -0.491 e. The molecule has 68 heavy (non-hydrogen) atoms. The molecular formula is C45H43ClF6N8O6S2. The Balaban J connectivity index is 0.000000210. The fourth-order valence-corrected chi connectivity index (χ4v) is 7.97. The summed E-state index contributed by atoms with van der Waals surface area (Å²) in [5, 5.41) is 8.37. The van der Waals surface area contributed by atoms with Crippen molar-refractivity contribution >= 4 is 63.2 Å². The maximum Gasteiger partial charge on any atom is 0.435 e. The third kappa shape index (κ3) is 12.9. The van der Waals surface area contributed by atoms with E-state index in [1.165, 1.54) is 42.5 Å². The molecular weight excluding hydrogens is 962 g/mol. The third-order valence-electron chi connectivity index (χ3n) is 8.95. The van der Waals surface area contributed by atoms with Crippen LogP contribution < -0.4 is 19.9 Å². The molecule has 4 aromatic heterocycles. The molecule has 23 heteroatoms. The lowest BCUT2D eigenvalue weighted by Gasteiger charge is -2.13. The average molecular weight is 1010 g/mol. The van der Waals surface area contributed by atoms with Crippen molar-refractivity contribution in [3.05, 3.63) is 145 Å². The van der Waals surface area contributed by atoms with Crippen LogP contribution in [0.2, 0.25) is 0 Å². The second kappa shape index (κ2) is 20.9. The van der Waals surface area contributed by atoms with E-state index < -0.39 is 42.8 Å². The van der Waals surface area contributed by atoms with E-state index in [1.54, 1.807) is 79.1 Å². The number of fused-ring (bicyclic) bond motifs is 2. The molecule has 8 aromatic rings. The molecule has 3 N–H and O–H groups in total. The molecule has 4 aromatic carbocycles. The molecule has 8 rings (SSSR count). The summed E-state index contributed by atoms with van der Waals surface area (Å²) in [6, 6.07) is 29.7. The monoisotopic (exact) mass is 1000 g/mol. The highest BCUT2D eigenvalue weighted by Crippen LogP contribution is 2.35. The zero-order valence-electron chi connectivity index (χ0n) is 35.5. The summed E-state index contributed by atoms with van der Waals surface area (Å²) >= 11 is 0. The van der Waals surface area contributed by atoms with Crippen molar-refractivity contribution in [2.75, 3.05) is 10.5 Å². The SMILES string of the molecule is C.CC(C)Oc1ccc(S(=O)(=O)Cl)cc1.CC(C)Oc1ccc(S(=O)(=O)Nc2cc(C(F)(F)F)nn2-c2cccc3ncccc23)cc1.Nc1cc(C(F)(F)F)nn1-c1cccc2ncccc12. The Morgan fingerprint density at radius 3 is 1.46 bits per heavy atom. The highest BCUT2D eigenvalue weighted by atomic mass is 35.7. The minimum atomic E-state index is -4.77. The highest BCUT2D eigenvalue weighted by Gasteiger charge is 2.37. The van der Waals surface area contributed by atoms with Crippen molar-refractivity contribution in [1.29, 1.82) is 0 Å². The predicted octanol–water partition coefficient (Wildman–Crippen LogP) is 11.1. The van der Waals surface area contributed by atoms with Crippen LogP contribution in [0.4, 0.5) is 38.0 Å². The van der Waals surface area contributed by atoms with Crippen LogP contribution in [0.3, 0.4) is 0 Å². The molecule has 4 heterocycles. The predicted molar refractivity (Wildman–Crippen MR) is 247 cm³/mol. The third-order valence-corrected chi connectivity index (χ3v) is 11.7. The Morgan fingerprint density at radius 2 is 1.03 bits per heavy atom. The number of alkyl halides is 6. The van der Waals surface area contributed by atoms with Crippen molar-refractivity contribution in [2.45, 2.75) is 69.5 Å². The van der Waals surface area contributed by atoms with E-state index in [2.05, 4.69) is 24.9 Å². The van der Waals surface area contributed by atoms with Crippen LogP contribution in [-0.4, -0.2) is 58.6 Å². The summed E-state index contributed by atoms with van der Waals surface area (Å²) < 4.78 is 141. The Labute approximate surface area is 391 Å². The van der Waals surface area contributed by atoms with Gasteiger partial charge in [-0.25, -0.2) is 26.2 Å². The first-order valence-electron chi connectivity index (χ1n) is 19.7. The van der Waals surface area contributed by atoms with Gasteiger partial charge in [-0.1, -0.05) is 19.6 Å². The molecule has 0 radical (unpaired) electrons. The number of aromatic nitrogens is 6. The van der Waals surface area contributed by atoms with Crippen LogP contribution in [-0.2, 0) is 31.4 Å². The summed E-state index contributed by atoms with van der Waals surface area (Å²) in [6.45, 7) is 7.45. The Morgan fingerprint density at radius 1 is 0.603 bits per heavy atom. The van der Waals surface area contributed by atoms with Crippen molar-refractivity contribution in [2.24, 2.45) is 0 Å². The number of nitrogens with zero attached hydrogens (tertiary/aromatic N) is 6. The number of rotatable bonds is 10. The van der Waals surface area contributed by atoms with Crippen LogP contribution in [0, 0.1) is 0 Å². The molecule has 0 amide bonds. The summed E-state index contributed by atoms with van der Waals surface area (Å²) in [6.07, 6.45) is -6.18. The number of nitrogens with one attached hydrogen (secondary N) is 1. The first kappa shape index (κ1) is 52.1.